The highest BCUT2D eigenvalue weighted by Gasteiger charge is 2.17. The molecular weight excluding hydrogens is 286 g/mol. The maximum absolute atomic E-state index is 6.13. The number of aliphatic imine (C=N–C) groups is 1. The Morgan fingerprint density at radius 1 is 0.955 bits per heavy atom. The van der Waals surface area contributed by atoms with Gasteiger partial charge in [-0.1, -0.05) is 42.5 Å². The maximum atomic E-state index is 6.13. The number of para-hydroxylation sites is 2. The third kappa shape index (κ3) is 5.49. The molecule has 0 radical (unpaired) electrons. The first-order chi connectivity index (χ1) is 10.4. The number of hydrogen-bond acceptors (Lipinski definition) is 2. The molecule has 0 amide bonds. The number of nitrogens with zero attached hydrogens (tertiary/aromatic N) is 1. The highest BCUT2D eigenvalue weighted by atomic mass is 28.4. The lowest BCUT2D eigenvalue weighted by Crippen LogP contribution is -2.29. The Morgan fingerprint density at radius 2 is 1.59 bits per heavy atom. The van der Waals surface area contributed by atoms with Crippen molar-refractivity contribution in [2.75, 3.05) is 0 Å². The molecule has 0 aliphatic carbocycles. The molecule has 0 heterocycles. The van der Waals surface area contributed by atoms with Crippen molar-refractivity contribution in [1.82, 2.24) is 0 Å². The summed E-state index contributed by atoms with van der Waals surface area (Å²) < 4.78 is 6.13. The largest absolute Gasteiger partial charge is 0.543 e. The molecule has 0 fully saturated rings. The van der Waals surface area contributed by atoms with Crippen LogP contribution in [0.25, 0.3) is 0 Å². The van der Waals surface area contributed by atoms with Gasteiger partial charge in [-0.3, -0.25) is 4.99 Å². The van der Waals surface area contributed by atoms with E-state index in [9.17, 15) is 0 Å². The van der Waals surface area contributed by atoms with Crippen molar-refractivity contribution in [2.45, 2.75) is 39.4 Å². The highest BCUT2D eigenvalue weighted by molar-refractivity contribution is 6.70. The monoisotopic (exact) mass is 311 g/mol. The average molecular weight is 312 g/mol. The summed E-state index contributed by atoms with van der Waals surface area (Å²) in [5, 5.41) is 0. The Kier molecular flexibility index (Phi) is 5.55. The Balaban J connectivity index is 2.08. The quantitative estimate of drug-likeness (QED) is 0.501. The topological polar surface area (TPSA) is 21.6 Å². The molecule has 116 valence electrons. The third-order valence-corrected chi connectivity index (χ3v) is 4.04. The van der Waals surface area contributed by atoms with Gasteiger partial charge in [0, 0.05) is 5.71 Å². The zero-order valence-electron chi connectivity index (χ0n) is 14.0. The zero-order valence-corrected chi connectivity index (χ0v) is 15.0. The molecule has 0 atom stereocenters. The maximum Gasteiger partial charge on any atom is 0.242 e. The number of rotatable bonds is 6. The fourth-order valence-corrected chi connectivity index (χ4v) is 3.03. The molecule has 0 unspecified atom stereocenters. The molecule has 0 saturated heterocycles. The molecule has 0 aliphatic rings. The summed E-state index contributed by atoms with van der Waals surface area (Å²) in [7, 11) is -1.62. The van der Waals surface area contributed by atoms with Crippen LogP contribution >= 0.6 is 0 Å². The van der Waals surface area contributed by atoms with E-state index >= 15 is 0 Å². The molecule has 0 N–H and O–H groups in total. The molecule has 0 spiro atoms. The summed E-state index contributed by atoms with van der Waals surface area (Å²) in [4.78, 5) is 4.77. The lowest BCUT2D eigenvalue weighted by Gasteiger charge is -2.20. The van der Waals surface area contributed by atoms with Gasteiger partial charge in [0.2, 0.25) is 8.32 Å². The van der Waals surface area contributed by atoms with Crippen LogP contribution in [-0.4, -0.2) is 14.0 Å². The lowest BCUT2D eigenvalue weighted by molar-refractivity contribution is 0.559. The van der Waals surface area contributed by atoms with E-state index in [0.29, 0.717) is 0 Å². The summed E-state index contributed by atoms with van der Waals surface area (Å²) in [6.45, 7) is 8.66. The summed E-state index contributed by atoms with van der Waals surface area (Å²) in [6, 6.07) is 18.6. The molecule has 2 rings (SSSR count). The van der Waals surface area contributed by atoms with Crippen molar-refractivity contribution >= 4 is 19.7 Å². The minimum absolute atomic E-state index is 0.903. The third-order valence-electron chi connectivity index (χ3n) is 3.21. The SMILES string of the molecule is CC(CCc1ccccc1)=Nc1ccccc1O[Si](C)(C)C. The van der Waals surface area contributed by atoms with Crippen molar-refractivity contribution in [1.29, 1.82) is 0 Å². The van der Waals surface area contributed by atoms with E-state index in [0.717, 1.165) is 30.0 Å². The van der Waals surface area contributed by atoms with Crippen LogP contribution in [0.1, 0.15) is 18.9 Å². The fourth-order valence-electron chi connectivity index (χ4n) is 2.20. The normalized spacial score (nSPS) is 12.3. The van der Waals surface area contributed by atoms with E-state index in [1.807, 2.05) is 24.3 Å². The minimum atomic E-state index is -1.62. The van der Waals surface area contributed by atoms with Gasteiger partial charge in [0.15, 0.2) is 0 Å². The van der Waals surface area contributed by atoms with Gasteiger partial charge in [0.1, 0.15) is 11.4 Å². The Labute approximate surface area is 135 Å². The van der Waals surface area contributed by atoms with E-state index in [1.54, 1.807) is 0 Å². The molecule has 2 aromatic rings. The number of benzene rings is 2. The molecule has 0 bridgehead atoms. The molecule has 2 aromatic carbocycles. The average Bonchev–Trinajstić information content (AvgIpc) is 2.47. The second-order valence-electron chi connectivity index (χ2n) is 6.51. The summed E-state index contributed by atoms with van der Waals surface area (Å²) in [6.07, 6.45) is 1.98. The molecular formula is C19H25NOSi. The lowest BCUT2D eigenvalue weighted by atomic mass is 10.1. The van der Waals surface area contributed by atoms with Crippen LogP contribution in [0.5, 0.6) is 5.75 Å². The van der Waals surface area contributed by atoms with Gasteiger partial charge in [-0.2, -0.15) is 0 Å². The molecule has 3 heteroatoms. The van der Waals surface area contributed by atoms with Crippen molar-refractivity contribution in [3.8, 4) is 5.75 Å². The highest BCUT2D eigenvalue weighted by Crippen LogP contribution is 2.29. The van der Waals surface area contributed by atoms with E-state index in [-0.39, 0.29) is 0 Å². The summed E-state index contributed by atoms with van der Waals surface area (Å²) in [5.74, 6) is 0.903. The molecule has 0 aliphatic heterocycles. The predicted molar refractivity (Wildman–Crippen MR) is 97.9 cm³/mol. The second kappa shape index (κ2) is 7.41. The van der Waals surface area contributed by atoms with Crippen LogP contribution in [-0.2, 0) is 6.42 Å². The van der Waals surface area contributed by atoms with Gasteiger partial charge >= 0.3 is 0 Å². The first-order valence-electron chi connectivity index (χ1n) is 7.80. The van der Waals surface area contributed by atoms with Crippen LogP contribution in [0.3, 0.4) is 0 Å². The van der Waals surface area contributed by atoms with Gasteiger partial charge in [-0.25, -0.2) is 0 Å². The molecule has 2 nitrogen and oxygen atoms in total. The standard InChI is InChI=1S/C19H25NOSi/c1-16(14-15-17-10-6-5-7-11-17)20-18-12-8-9-13-19(18)21-22(2,3)4/h5-13H,14-15H2,1-4H3. The van der Waals surface area contributed by atoms with Crippen LogP contribution in [0.15, 0.2) is 59.6 Å². The van der Waals surface area contributed by atoms with E-state index < -0.39 is 8.32 Å². The van der Waals surface area contributed by atoms with Crippen molar-refractivity contribution in [3.05, 3.63) is 60.2 Å². The van der Waals surface area contributed by atoms with E-state index in [4.69, 9.17) is 9.42 Å². The Bertz CT molecular complexity index is 629. The molecule has 22 heavy (non-hydrogen) atoms. The van der Waals surface area contributed by atoms with Crippen LogP contribution in [0.4, 0.5) is 5.69 Å². The zero-order chi connectivity index (χ0) is 16.0. The first kappa shape index (κ1) is 16.5. The first-order valence-corrected chi connectivity index (χ1v) is 11.2. The van der Waals surface area contributed by atoms with Crippen molar-refractivity contribution in [3.63, 3.8) is 0 Å². The van der Waals surface area contributed by atoms with Crippen LogP contribution in [0.2, 0.25) is 19.6 Å². The van der Waals surface area contributed by atoms with Crippen LogP contribution < -0.4 is 4.43 Å². The van der Waals surface area contributed by atoms with Gasteiger partial charge in [-0.05, 0) is 57.1 Å². The predicted octanol–water partition coefficient (Wildman–Crippen LogP) is 5.63. The van der Waals surface area contributed by atoms with Gasteiger partial charge in [0.25, 0.3) is 0 Å². The Morgan fingerprint density at radius 3 is 2.27 bits per heavy atom. The summed E-state index contributed by atoms with van der Waals surface area (Å²) in [5.41, 5.74) is 3.43. The Hall–Kier alpha value is -1.87. The summed E-state index contributed by atoms with van der Waals surface area (Å²) >= 11 is 0. The molecule has 0 saturated carbocycles. The van der Waals surface area contributed by atoms with Crippen LogP contribution in [0, 0.1) is 0 Å². The van der Waals surface area contributed by atoms with Gasteiger partial charge in [-0.15, -0.1) is 0 Å². The number of aryl methyl sites for hydroxylation is 1. The smallest absolute Gasteiger partial charge is 0.242 e. The second-order valence-corrected chi connectivity index (χ2v) is 10.9. The number of hydrogen-bond donors (Lipinski definition) is 0. The van der Waals surface area contributed by atoms with Crippen molar-refractivity contribution in [2.24, 2.45) is 4.99 Å². The van der Waals surface area contributed by atoms with E-state index in [1.165, 1.54) is 5.56 Å². The van der Waals surface area contributed by atoms with Gasteiger partial charge in [0.05, 0.1) is 0 Å². The minimum Gasteiger partial charge on any atom is -0.543 e. The molecule has 0 aromatic heterocycles. The fraction of sp³-hybridized carbons (Fsp3) is 0.316. The van der Waals surface area contributed by atoms with Crippen molar-refractivity contribution < 1.29 is 4.43 Å². The van der Waals surface area contributed by atoms with E-state index in [2.05, 4.69) is 56.9 Å². The van der Waals surface area contributed by atoms with Gasteiger partial charge < -0.3 is 4.43 Å².